The second kappa shape index (κ2) is 19.0. The van der Waals surface area contributed by atoms with Gasteiger partial charge in [0.25, 0.3) is 0 Å². The number of rotatable bonds is 16. The molecule has 2 heterocycles. The van der Waals surface area contributed by atoms with E-state index in [1.807, 2.05) is 158 Å². The van der Waals surface area contributed by atoms with Crippen molar-refractivity contribution in [2.24, 2.45) is 0 Å². The van der Waals surface area contributed by atoms with E-state index < -0.39 is 49.5 Å². The van der Waals surface area contributed by atoms with E-state index in [0.717, 1.165) is 21.3 Å². The number of ether oxygens (including phenoxy) is 4. The van der Waals surface area contributed by atoms with Crippen molar-refractivity contribution in [1.29, 1.82) is 0 Å². The Kier molecular flexibility index (Phi) is 13.4. The van der Waals surface area contributed by atoms with Gasteiger partial charge in [0.15, 0.2) is 14.4 Å². The number of anilines is 1. The monoisotopic (exact) mass is 921 g/mol. The van der Waals surface area contributed by atoms with Crippen LogP contribution in [0, 0.1) is 0 Å². The van der Waals surface area contributed by atoms with Crippen molar-refractivity contribution in [3.63, 3.8) is 0 Å². The summed E-state index contributed by atoms with van der Waals surface area (Å²) in [5, 5.41) is 3.34. The minimum absolute atomic E-state index is 0.156. The molecule has 1 fully saturated rings. The van der Waals surface area contributed by atoms with Crippen LogP contribution in [0.3, 0.4) is 0 Å². The number of methoxy groups -OCH3 is 2. The fourth-order valence-corrected chi connectivity index (χ4v) is 9.62. The lowest BCUT2D eigenvalue weighted by Crippen LogP contribution is -2.50. The molecule has 0 amide bonds. The van der Waals surface area contributed by atoms with Crippen LogP contribution in [0.15, 0.2) is 187 Å². The van der Waals surface area contributed by atoms with Gasteiger partial charge >= 0.3 is 11.6 Å². The predicted octanol–water partition coefficient (Wildman–Crippen LogP) is 11.6. The highest BCUT2D eigenvalue weighted by Crippen LogP contribution is 2.51. The second-order valence-electron chi connectivity index (χ2n) is 18.3. The number of halogens is 2. The Labute approximate surface area is 392 Å². The van der Waals surface area contributed by atoms with Gasteiger partial charge in [0.05, 0.1) is 20.8 Å². The van der Waals surface area contributed by atoms with E-state index in [4.69, 9.17) is 23.4 Å². The minimum Gasteiger partial charge on any atom is -0.497 e. The van der Waals surface area contributed by atoms with Crippen molar-refractivity contribution in [2.75, 3.05) is 26.1 Å². The number of benzene rings is 6. The smallest absolute Gasteiger partial charge is 0.351 e. The summed E-state index contributed by atoms with van der Waals surface area (Å²) in [5.74, 6) is -2.40. The Hall–Kier alpha value is -6.44. The summed E-state index contributed by atoms with van der Waals surface area (Å²) >= 11 is 0. The van der Waals surface area contributed by atoms with Crippen LogP contribution in [0.4, 0.5) is 14.6 Å². The van der Waals surface area contributed by atoms with Crippen LogP contribution in [-0.4, -0.2) is 56.8 Å². The number of hydrogen-bond donors (Lipinski definition) is 1. The van der Waals surface area contributed by atoms with Gasteiger partial charge in [-0.25, -0.2) is 4.79 Å². The van der Waals surface area contributed by atoms with Gasteiger partial charge < -0.3 is 28.7 Å². The van der Waals surface area contributed by atoms with Crippen LogP contribution in [0.2, 0.25) is 18.1 Å². The lowest BCUT2D eigenvalue weighted by Gasteiger charge is -2.41. The van der Waals surface area contributed by atoms with E-state index in [2.05, 4.69) is 44.2 Å². The van der Waals surface area contributed by atoms with E-state index in [-0.39, 0.29) is 17.5 Å². The molecule has 9 nitrogen and oxygen atoms in total. The zero-order valence-corrected chi connectivity index (χ0v) is 39.9. The molecular formula is C55H57F2N3O6Si. The van der Waals surface area contributed by atoms with Crippen molar-refractivity contribution >= 4 is 14.1 Å². The Morgan fingerprint density at radius 1 is 0.642 bits per heavy atom. The Morgan fingerprint density at radius 2 is 1.06 bits per heavy atom. The molecule has 0 radical (unpaired) electrons. The van der Waals surface area contributed by atoms with Crippen LogP contribution in [0.1, 0.15) is 60.4 Å². The SMILES string of the molecule is COc1ccc(C(Nc2ccn([C@@H]3O[C@H](CO[Si](C)(C)C(C)(C)C)[C@@H](OC(c4ccccc4)(c4ccccc4)c4ccc(OC)cc4)C3(F)F)c(=O)n2)(c2ccccc2)c2ccccc2)cc1. The highest BCUT2D eigenvalue weighted by Gasteiger charge is 2.64. The molecule has 1 aromatic heterocycles. The highest BCUT2D eigenvalue weighted by atomic mass is 28.4. The first-order chi connectivity index (χ1) is 32.1. The van der Waals surface area contributed by atoms with Crippen LogP contribution < -0.4 is 20.5 Å². The zero-order valence-electron chi connectivity index (χ0n) is 38.9. The van der Waals surface area contributed by atoms with Gasteiger partial charge in [0.2, 0.25) is 6.23 Å². The summed E-state index contributed by atoms with van der Waals surface area (Å²) in [6, 6.07) is 54.5. The topological polar surface area (TPSA) is 93.1 Å². The van der Waals surface area contributed by atoms with Gasteiger partial charge in [-0.15, -0.1) is 0 Å². The molecule has 1 N–H and O–H groups in total. The molecule has 7 aromatic rings. The highest BCUT2D eigenvalue weighted by molar-refractivity contribution is 6.74. The molecule has 1 aliphatic heterocycles. The van der Waals surface area contributed by atoms with Crippen LogP contribution in [-0.2, 0) is 25.0 Å². The molecule has 0 saturated carbocycles. The predicted molar refractivity (Wildman–Crippen MR) is 261 cm³/mol. The largest absolute Gasteiger partial charge is 0.497 e. The average Bonchev–Trinajstić information content (AvgIpc) is 3.60. The van der Waals surface area contributed by atoms with E-state index in [1.54, 1.807) is 26.4 Å². The Bertz CT molecular complexity index is 2690. The molecule has 0 spiro atoms. The molecule has 0 bridgehead atoms. The quantitative estimate of drug-likeness (QED) is 0.0757. The molecule has 6 aromatic carbocycles. The van der Waals surface area contributed by atoms with Gasteiger partial charge in [-0.05, 0) is 81.8 Å². The average molecular weight is 922 g/mol. The normalized spacial score (nSPS) is 17.5. The summed E-state index contributed by atoms with van der Waals surface area (Å²) < 4.78 is 68.1. The van der Waals surface area contributed by atoms with Gasteiger partial charge in [-0.1, -0.05) is 166 Å². The number of nitrogens with one attached hydrogen (secondary N) is 1. The first-order valence-electron chi connectivity index (χ1n) is 22.4. The third-order valence-electron chi connectivity index (χ3n) is 13.3. The molecule has 12 heteroatoms. The lowest BCUT2D eigenvalue weighted by atomic mass is 9.77. The van der Waals surface area contributed by atoms with Crippen LogP contribution in [0.25, 0.3) is 0 Å². The maximum atomic E-state index is 18.0. The van der Waals surface area contributed by atoms with Gasteiger partial charge in [0, 0.05) is 6.20 Å². The van der Waals surface area contributed by atoms with Crippen molar-refractivity contribution in [3.8, 4) is 11.5 Å². The fourth-order valence-electron chi connectivity index (χ4n) is 8.61. The molecular weight excluding hydrogens is 865 g/mol. The molecule has 3 atom stereocenters. The lowest BCUT2D eigenvalue weighted by molar-refractivity contribution is -0.180. The molecule has 346 valence electrons. The maximum absolute atomic E-state index is 18.0. The third-order valence-corrected chi connectivity index (χ3v) is 17.8. The maximum Gasteiger partial charge on any atom is 0.351 e. The summed E-state index contributed by atoms with van der Waals surface area (Å²) in [6.07, 6.45) is -4.07. The first kappa shape index (κ1) is 47.1. The summed E-state index contributed by atoms with van der Waals surface area (Å²) in [7, 11) is 0.642. The summed E-state index contributed by atoms with van der Waals surface area (Å²) in [6.45, 7) is 10.1. The van der Waals surface area contributed by atoms with Crippen molar-refractivity contribution in [2.45, 2.75) is 74.4 Å². The number of alkyl halides is 2. The van der Waals surface area contributed by atoms with Gasteiger partial charge in [-0.2, -0.15) is 13.8 Å². The van der Waals surface area contributed by atoms with Crippen LogP contribution >= 0.6 is 0 Å². The van der Waals surface area contributed by atoms with Crippen molar-refractivity contribution in [1.82, 2.24) is 9.55 Å². The van der Waals surface area contributed by atoms with E-state index in [0.29, 0.717) is 28.2 Å². The Balaban J connectivity index is 1.24. The summed E-state index contributed by atoms with van der Waals surface area (Å²) in [5.41, 5.74) is 0.712. The third kappa shape index (κ3) is 9.06. The first-order valence-corrected chi connectivity index (χ1v) is 25.3. The molecule has 0 unspecified atom stereocenters. The van der Waals surface area contributed by atoms with E-state index >= 15 is 8.78 Å². The molecule has 1 saturated heterocycles. The van der Waals surface area contributed by atoms with Crippen LogP contribution in [0.5, 0.6) is 11.5 Å². The summed E-state index contributed by atoms with van der Waals surface area (Å²) in [4.78, 5) is 18.9. The molecule has 0 aliphatic carbocycles. The molecule has 67 heavy (non-hydrogen) atoms. The molecule has 8 rings (SSSR count). The van der Waals surface area contributed by atoms with Crippen molar-refractivity contribution in [3.05, 3.63) is 226 Å². The minimum atomic E-state index is -3.82. The zero-order chi connectivity index (χ0) is 47.5. The Morgan fingerprint density at radius 3 is 1.49 bits per heavy atom. The number of nitrogens with zero attached hydrogens (tertiary/aromatic N) is 2. The fraction of sp³-hybridized carbons (Fsp3) is 0.273. The second-order valence-corrected chi connectivity index (χ2v) is 23.1. The standard InChI is InChI=1S/C55H57F2N3O6Si/c1-52(2,3)67(6,7)64-38-47-49(66-54(42-24-16-10-17-25-42,43-26-18-11-19-27-43)44-30-34-46(63-5)35-31-44)55(56,57)50(65-47)60-37-36-48(58-51(60)61)59-53(39-20-12-8-13-21-39,40-22-14-9-15-23-40)41-28-32-45(62-4)33-29-41/h8-37,47,49-50H,38H2,1-7H3,(H,58,59,61)/t47-,49-,50-/m1/s1. The van der Waals surface area contributed by atoms with Crippen molar-refractivity contribution < 1.29 is 32.2 Å². The number of aromatic nitrogens is 2. The van der Waals surface area contributed by atoms with E-state index in [1.165, 1.54) is 12.3 Å². The van der Waals surface area contributed by atoms with Gasteiger partial charge in [0.1, 0.15) is 34.6 Å². The number of hydrogen-bond acceptors (Lipinski definition) is 8. The van der Waals surface area contributed by atoms with E-state index in [9.17, 15) is 4.79 Å². The van der Waals surface area contributed by atoms with Gasteiger partial charge in [-0.3, -0.25) is 4.57 Å². The molecule has 1 aliphatic rings.